The highest BCUT2D eigenvalue weighted by molar-refractivity contribution is 5.36. The maximum atomic E-state index is 4.45. The summed E-state index contributed by atoms with van der Waals surface area (Å²) in [5.41, 5.74) is 0.530. The average molecular weight is 246 g/mol. The second-order valence-corrected chi connectivity index (χ2v) is 5.89. The van der Waals surface area contributed by atoms with E-state index in [1.54, 1.807) is 12.4 Å². The second kappa shape index (κ2) is 4.84. The van der Waals surface area contributed by atoms with Crippen LogP contribution in [0.3, 0.4) is 0 Å². The summed E-state index contributed by atoms with van der Waals surface area (Å²) in [6, 6.07) is 0. The van der Waals surface area contributed by atoms with Crippen molar-refractivity contribution in [2.45, 2.75) is 25.7 Å². The third-order valence-corrected chi connectivity index (χ3v) is 4.58. The number of hydrogen-bond acceptors (Lipinski definition) is 4. The molecular weight excluding hydrogens is 224 g/mol. The first-order chi connectivity index (χ1) is 8.77. The lowest BCUT2D eigenvalue weighted by atomic mass is 9.72. The first kappa shape index (κ1) is 11.9. The molecule has 1 aromatic heterocycles. The van der Waals surface area contributed by atoms with Crippen LogP contribution in [-0.2, 0) is 0 Å². The molecule has 18 heavy (non-hydrogen) atoms. The van der Waals surface area contributed by atoms with Gasteiger partial charge in [-0.15, -0.1) is 0 Å². The molecule has 4 heteroatoms. The molecule has 98 valence electrons. The minimum Gasteiger partial charge on any atom is -0.355 e. The molecule has 0 bridgehead atoms. The Morgan fingerprint density at radius 1 is 1.11 bits per heavy atom. The highest BCUT2D eigenvalue weighted by atomic mass is 15.2. The summed E-state index contributed by atoms with van der Waals surface area (Å²) >= 11 is 0. The zero-order valence-electron chi connectivity index (χ0n) is 11.2. The summed E-state index contributed by atoms with van der Waals surface area (Å²) in [5, 5.41) is 0. The van der Waals surface area contributed by atoms with Crippen LogP contribution in [0.25, 0.3) is 0 Å². The van der Waals surface area contributed by atoms with Crippen molar-refractivity contribution >= 4 is 5.82 Å². The number of hydrogen-bond donors (Lipinski definition) is 0. The fourth-order valence-corrected chi connectivity index (χ4v) is 3.36. The van der Waals surface area contributed by atoms with Crippen LogP contribution < -0.4 is 4.90 Å². The molecule has 0 aliphatic carbocycles. The van der Waals surface area contributed by atoms with E-state index in [1.807, 2.05) is 6.20 Å². The van der Waals surface area contributed by atoms with Crippen molar-refractivity contribution in [1.82, 2.24) is 14.9 Å². The van der Waals surface area contributed by atoms with E-state index in [1.165, 1.54) is 45.3 Å². The largest absolute Gasteiger partial charge is 0.355 e. The van der Waals surface area contributed by atoms with Gasteiger partial charge in [-0.25, -0.2) is 4.98 Å². The van der Waals surface area contributed by atoms with Gasteiger partial charge in [0, 0.05) is 25.5 Å². The molecule has 4 nitrogen and oxygen atoms in total. The van der Waals surface area contributed by atoms with E-state index < -0.39 is 0 Å². The lowest BCUT2D eigenvalue weighted by Crippen LogP contribution is -2.49. The third kappa shape index (κ3) is 2.34. The summed E-state index contributed by atoms with van der Waals surface area (Å²) < 4.78 is 0. The smallest absolute Gasteiger partial charge is 0.147 e. The molecule has 0 N–H and O–H groups in total. The molecule has 3 rings (SSSR count). The molecule has 0 radical (unpaired) electrons. The van der Waals surface area contributed by atoms with Gasteiger partial charge in [0.05, 0.1) is 6.20 Å². The van der Waals surface area contributed by atoms with E-state index in [9.17, 15) is 0 Å². The zero-order chi connectivity index (χ0) is 12.4. The van der Waals surface area contributed by atoms with Crippen LogP contribution in [0.4, 0.5) is 5.82 Å². The number of anilines is 1. The molecule has 0 unspecified atom stereocenters. The molecule has 1 aromatic rings. The Balaban J connectivity index is 1.72. The lowest BCUT2D eigenvalue weighted by Gasteiger charge is -2.47. The van der Waals surface area contributed by atoms with Crippen molar-refractivity contribution in [2.75, 3.05) is 38.1 Å². The van der Waals surface area contributed by atoms with Crippen molar-refractivity contribution in [2.24, 2.45) is 5.41 Å². The number of piperidine rings is 2. The van der Waals surface area contributed by atoms with Gasteiger partial charge in [-0.05, 0) is 51.2 Å². The van der Waals surface area contributed by atoms with Gasteiger partial charge in [0.25, 0.3) is 0 Å². The highest BCUT2D eigenvalue weighted by Crippen LogP contribution is 2.40. The fraction of sp³-hybridized carbons (Fsp3) is 0.714. The Labute approximate surface area is 109 Å². The number of nitrogens with zero attached hydrogens (tertiary/aromatic N) is 4. The Bertz CT molecular complexity index is 384. The quantitative estimate of drug-likeness (QED) is 0.756. The molecule has 0 amide bonds. The molecule has 2 aliphatic rings. The van der Waals surface area contributed by atoms with E-state index in [0.29, 0.717) is 5.41 Å². The standard InChI is InChI=1S/C14H22N4/c1-17-9-4-14(5-10-17)3-2-8-18(12-14)13-11-15-6-7-16-13/h6-7,11H,2-5,8-10,12H2,1H3. The van der Waals surface area contributed by atoms with Gasteiger partial charge in [0.1, 0.15) is 5.82 Å². The van der Waals surface area contributed by atoms with E-state index in [0.717, 1.165) is 12.4 Å². The van der Waals surface area contributed by atoms with Crippen LogP contribution in [0.15, 0.2) is 18.6 Å². The molecule has 3 heterocycles. The lowest BCUT2D eigenvalue weighted by molar-refractivity contribution is 0.103. The number of aromatic nitrogens is 2. The molecule has 2 saturated heterocycles. The number of likely N-dealkylation sites (tertiary alicyclic amines) is 1. The summed E-state index contributed by atoms with van der Waals surface area (Å²) in [4.78, 5) is 13.5. The molecule has 0 aromatic carbocycles. The first-order valence-electron chi connectivity index (χ1n) is 6.97. The van der Waals surface area contributed by atoms with Crippen LogP contribution in [0.2, 0.25) is 0 Å². The Morgan fingerprint density at radius 3 is 2.67 bits per heavy atom. The average Bonchev–Trinajstić information content (AvgIpc) is 2.44. The molecule has 0 atom stereocenters. The van der Waals surface area contributed by atoms with Crippen LogP contribution in [0.1, 0.15) is 25.7 Å². The van der Waals surface area contributed by atoms with Crippen molar-refractivity contribution in [1.29, 1.82) is 0 Å². The topological polar surface area (TPSA) is 32.3 Å². The minimum atomic E-state index is 0.530. The van der Waals surface area contributed by atoms with Gasteiger partial charge in [-0.3, -0.25) is 4.98 Å². The first-order valence-corrected chi connectivity index (χ1v) is 6.97. The van der Waals surface area contributed by atoms with Gasteiger partial charge in [-0.1, -0.05) is 0 Å². The van der Waals surface area contributed by atoms with E-state index in [-0.39, 0.29) is 0 Å². The molecular formula is C14H22N4. The van der Waals surface area contributed by atoms with Gasteiger partial charge in [0.15, 0.2) is 0 Å². The summed E-state index contributed by atoms with van der Waals surface area (Å²) in [7, 11) is 2.23. The van der Waals surface area contributed by atoms with Crippen molar-refractivity contribution < 1.29 is 0 Å². The maximum Gasteiger partial charge on any atom is 0.147 e. The van der Waals surface area contributed by atoms with E-state index in [4.69, 9.17) is 0 Å². The van der Waals surface area contributed by atoms with Gasteiger partial charge in [0.2, 0.25) is 0 Å². The minimum absolute atomic E-state index is 0.530. The van der Waals surface area contributed by atoms with Crippen LogP contribution in [-0.4, -0.2) is 48.1 Å². The molecule has 0 saturated carbocycles. The van der Waals surface area contributed by atoms with Gasteiger partial charge >= 0.3 is 0 Å². The Hall–Kier alpha value is -1.16. The van der Waals surface area contributed by atoms with Crippen molar-refractivity contribution in [3.05, 3.63) is 18.6 Å². The maximum absolute atomic E-state index is 4.45. The summed E-state index contributed by atoms with van der Waals surface area (Å²) in [6.07, 6.45) is 10.8. The monoisotopic (exact) mass is 246 g/mol. The predicted octanol–water partition coefficient (Wildman–Crippen LogP) is 1.79. The predicted molar refractivity (Wildman–Crippen MR) is 72.6 cm³/mol. The van der Waals surface area contributed by atoms with Gasteiger partial charge < -0.3 is 9.80 Å². The van der Waals surface area contributed by atoms with Crippen LogP contribution in [0, 0.1) is 5.41 Å². The molecule has 1 spiro atoms. The normalized spacial score (nSPS) is 24.4. The molecule has 2 aliphatic heterocycles. The second-order valence-electron chi connectivity index (χ2n) is 5.89. The summed E-state index contributed by atoms with van der Waals surface area (Å²) in [5.74, 6) is 1.05. The van der Waals surface area contributed by atoms with E-state index >= 15 is 0 Å². The fourth-order valence-electron chi connectivity index (χ4n) is 3.36. The van der Waals surface area contributed by atoms with Crippen molar-refractivity contribution in [3.63, 3.8) is 0 Å². The van der Waals surface area contributed by atoms with E-state index in [2.05, 4.69) is 26.8 Å². The van der Waals surface area contributed by atoms with Crippen LogP contribution in [0.5, 0.6) is 0 Å². The third-order valence-electron chi connectivity index (χ3n) is 4.58. The van der Waals surface area contributed by atoms with Crippen molar-refractivity contribution in [3.8, 4) is 0 Å². The highest BCUT2D eigenvalue weighted by Gasteiger charge is 2.37. The Kier molecular flexibility index (Phi) is 3.20. The summed E-state index contributed by atoms with van der Waals surface area (Å²) in [6.45, 7) is 4.79. The number of rotatable bonds is 1. The van der Waals surface area contributed by atoms with Crippen LogP contribution >= 0.6 is 0 Å². The molecule has 2 fully saturated rings. The Morgan fingerprint density at radius 2 is 1.94 bits per heavy atom. The van der Waals surface area contributed by atoms with Gasteiger partial charge in [-0.2, -0.15) is 0 Å². The zero-order valence-corrected chi connectivity index (χ0v) is 11.2. The SMILES string of the molecule is CN1CCC2(CCCN(c3cnccn3)C2)CC1.